The second kappa shape index (κ2) is 7.58. The fourth-order valence-corrected chi connectivity index (χ4v) is 2.35. The van der Waals surface area contributed by atoms with Gasteiger partial charge in [0.2, 0.25) is 0 Å². The van der Waals surface area contributed by atoms with Crippen LogP contribution in [0.2, 0.25) is 10.0 Å². The van der Waals surface area contributed by atoms with Crippen molar-refractivity contribution in [2.75, 3.05) is 18.5 Å². The molecule has 0 aliphatic carbocycles. The van der Waals surface area contributed by atoms with Crippen LogP contribution in [0.1, 0.15) is 25.3 Å². The zero-order chi connectivity index (χ0) is 15.2. The monoisotopic (exact) mass is 323 g/mol. The normalized spacial score (nSPS) is 10.7. The van der Waals surface area contributed by atoms with Crippen LogP contribution < -0.4 is 10.1 Å². The average Bonchev–Trinajstić information content (AvgIpc) is 2.47. The Balaban J connectivity index is 1.86. The number of hydrogen-bond donors (Lipinski definition) is 1. The van der Waals surface area contributed by atoms with Gasteiger partial charge >= 0.3 is 0 Å². The van der Waals surface area contributed by atoms with Crippen LogP contribution in [0.25, 0.3) is 0 Å². The molecule has 21 heavy (non-hydrogen) atoms. The third-order valence-corrected chi connectivity index (χ3v) is 3.89. The van der Waals surface area contributed by atoms with Gasteiger partial charge in [-0.3, -0.25) is 0 Å². The van der Waals surface area contributed by atoms with Crippen molar-refractivity contribution in [2.45, 2.75) is 19.8 Å². The number of anilines is 1. The molecule has 2 rings (SSSR count). The summed E-state index contributed by atoms with van der Waals surface area (Å²) in [6.07, 6.45) is 0. The molecule has 0 radical (unpaired) electrons. The zero-order valence-electron chi connectivity index (χ0n) is 12.2. The highest BCUT2D eigenvalue weighted by molar-refractivity contribution is 6.42. The van der Waals surface area contributed by atoms with Crippen molar-refractivity contribution in [1.29, 1.82) is 0 Å². The van der Waals surface area contributed by atoms with E-state index in [2.05, 4.69) is 25.2 Å². The van der Waals surface area contributed by atoms with Gasteiger partial charge in [0.05, 0.1) is 10.0 Å². The highest BCUT2D eigenvalue weighted by Gasteiger charge is 2.06. The molecule has 0 bridgehead atoms. The molecule has 2 aromatic rings. The number of halogens is 2. The van der Waals surface area contributed by atoms with Gasteiger partial charge in [-0.25, -0.2) is 0 Å². The maximum Gasteiger partial charge on any atom is 0.122 e. The third-order valence-electron chi connectivity index (χ3n) is 3.15. The highest BCUT2D eigenvalue weighted by Crippen LogP contribution is 2.26. The van der Waals surface area contributed by atoms with E-state index in [1.54, 1.807) is 6.07 Å². The number of rotatable bonds is 6. The molecule has 0 aromatic heterocycles. The standard InChI is InChI=1S/C17H19Cl2NO/c1-12(2)14-5-3-4-6-17(14)21-10-9-20-13-7-8-15(18)16(19)11-13/h3-8,11-12,20H,9-10H2,1-2H3. The summed E-state index contributed by atoms with van der Waals surface area (Å²) >= 11 is 11.9. The van der Waals surface area contributed by atoms with Crippen molar-refractivity contribution >= 4 is 28.9 Å². The number of hydrogen-bond acceptors (Lipinski definition) is 2. The van der Waals surface area contributed by atoms with Crippen LogP contribution in [0.15, 0.2) is 42.5 Å². The lowest BCUT2D eigenvalue weighted by Gasteiger charge is -2.14. The maximum atomic E-state index is 5.97. The molecule has 0 saturated carbocycles. The molecule has 0 saturated heterocycles. The smallest absolute Gasteiger partial charge is 0.122 e. The molecule has 1 N–H and O–H groups in total. The quantitative estimate of drug-likeness (QED) is 0.698. The number of nitrogens with one attached hydrogen (secondary N) is 1. The number of ether oxygens (including phenoxy) is 1. The van der Waals surface area contributed by atoms with Gasteiger partial charge in [0, 0.05) is 12.2 Å². The van der Waals surface area contributed by atoms with Gasteiger partial charge in [-0.05, 0) is 35.7 Å². The summed E-state index contributed by atoms with van der Waals surface area (Å²) in [5, 5.41) is 4.37. The van der Waals surface area contributed by atoms with Crippen molar-refractivity contribution in [1.82, 2.24) is 0 Å². The molecule has 0 fully saturated rings. The molecule has 4 heteroatoms. The van der Waals surface area contributed by atoms with E-state index >= 15 is 0 Å². The van der Waals surface area contributed by atoms with E-state index < -0.39 is 0 Å². The Bertz CT molecular complexity index is 599. The Morgan fingerprint density at radius 3 is 2.52 bits per heavy atom. The average molecular weight is 324 g/mol. The summed E-state index contributed by atoms with van der Waals surface area (Å²) < 4.78 is 5.85. The molecule has 2 nitrogen and oxygen atoms in total. The zero-order valence-corrected chi connectivity index (χ0v) is 13.7. The SMILES string of the molecule is CC(C)c1ccccc1OCCNc1ccc(Cl)c(Cl)c1. The molecule has 0 aliphatic rings. The van der Waals surface area contributed by atoms with Crippen molar-refractivity contribution in [2.24, 2.45) is 0 Å². The Labute approximate surface area is 136 Å². The van der Waals surface area contributed by atoms with Gasteiger partial charge in [-0.15, -0.1) is 0 Å². The molecule has 0 unspecified atom stereocenters. The largest absolute Gasteiger partial charge is 0.491 e. The van der Waals surface area contributed by atoms with E-state index in [9.17, 15) is 0 Å². The predicted molar refractivity (Wildman–Crippen MR) is 91.0 cm³/mol. The van der Waals surface area contributed by atoms with E-state index in [0.29, 0.717) is 29.1 Å². The fraction of sp³-hybridized carbons (Fsp3) is 0.294. The highest BCUT2D eigenvalue weighted by atomic mass is 35.5. The second-order valence-corrected chi connectivity index (χ2v) is 5.91. The van der Waals surface area contributed by atoms with Gasteiger partial charge in [-0.2, -0.15) is 0 Å². The lowest BCUT2D eigenvalue weighted by molar-refractivity contribution is 0.328. The molecule has 112 valence electrons. The second-order valence-electron chi connectivity index (χ2n) is 5.10. The van der Waals surface area contributed by atoms with Crippen LogP contribution in [0, 0.1) is 0 Å². The van der Waals surface area contributed by atoms with Gasteiger partial charge in [0.15, 0.2) is 0 Å². The summed E-state index contributed by atoms with van der Waals surface area (Å²) in [7, 11) is 0. The molecular weight excluding hydrogens is 305 g/mol. The molecule has 0 amide bonds. The molecular formula is C17H19Cl2NO. The van der Waals surface area contributed by atoms with Crippen molar-refractivity contribution in [3.63, 3.8) is 0 Å². The summed E-state index contributed by atoms with van der Waals surface area (Å²) in [4.78, 5) is 0. The first-order chi connectivity index (χ1) is 10.1. The topological polar surface area (TPSA) is 21.3 Å². The number of benzene rings is 2. The maximum absolute atomic E-state index is 5.97. The van der Waals surface area contributed by atoms with Crippen molar-refractivity contribution in [3.05, 3.63) is 58.1 Å². The minimum atomic E-state index is 0.448. The van der Waals surface area contributed by atoms with E-state index in [4.69, 9.17) is 27.9 Å². The summed E-state index contributed by atoms with van der Waals surface area (Å²) in [6, 6.07) is 13.6. The Morgan fingerprint density at radius 1 is 1.05 bits per heavy atom. The summed E-state index contributed by atoms with van der Waals surface area (Å²) in [5.74, 6) is 1.40. The molecule has 0 spiro atoms. The molecule has 0 heterocycles. The number of para-hydroxylation sites is 1. The Morgan fingerprint density at radius 2 is 1.81 bits per heavy atom. The van der Waals surface area contributed by atoms with Gasteiger partial charge < -0.3 is 10.1 Å². The molecule has 0 aliphatic heterocycles. The summed E-state index contributed by atoms with van der Waals surface area (Å²) in [5.41, 5.74) is 2.16. The molecule has 2 aromatic carbocycles. The first-order valence-corrected chi connectivity index (χ1v) is 7.74. The first kappa shape index (κ1) is 16.0. The Kier molecular flexibility index (Phi) is 5.77. The van der Waals surface area contributed by atoms with Crippen LogP contribution >= 0.6 is 23.2 Å². The first-order valence-electron chi connectivity index (χ1n) is 6.98. The van der Waals surface area contributed by atoms with E-state index in [1.807, 2.05) is 30.3 Å². The van der Waals surface area contributed by atoms with E-state index in [1.165, 1.54) is 5.56 Å². The van der Waals surface area contributed by atoms with E-state index in [-0.39, 0.29) is 0 Å². The van der Waals surface area contributed by atoms with Crippen LogP contribution in [0.5, 0.6) is 5.75 Å². The lowest BCUT2D eigenvalue weighted by atomic mass is 10.0. The van der Waals surface area contributed by atoms with Gasteiger partial charge in [0.25, 0.3) is 0 Å². The van der Waals surface area contributed by atoms with Gasteiger partial charge in [-0.1, -0.05) is 55.2 Å². The third kappa shape index (κ3) is 4.55. The Hall–Kier alpha value is -1.38. The summed E-state index contributed by atoms with van der Waals surface area (Å²) in [6.45, 7) is 5.61. The van der Waals surface area contributed by atoms with E-state index in [0.717, 1.165) is 11.4 Å². The van der Waals surface area contributed by atoms with Crippen molar-refractivity contribution in [3.8, 4) is 5.75 Å². The van der Waals surface area contributed by atoms with Crippen LogP contribution in [0.3, 0.4) is 0 Å². The fourth-order valence-electron chi connectivity index (χ4n) is 2.05. The lowest BCUT2D eigenvalue weighted by Crippen LogP contribution is -2.12. The minimum Gasteiger partial charge on any atom is -0.491 e. The van der Waals surface area contributed by atoms with Crippen molar-refractivity contribution < 1.29 is 4.74 Å². The minimum absolute atomic E-state index is 0.448. The van der Waals surface area contributed by atoms with Crippen LogP contribution in [-0.2, 0) is 0 Å². The van der Waals surface area contributed by atoms with Crippen LogP contribution in [0.4, 0.5) is 5.69 Å². The predicted octanol–water partition coefficient (Wildman–Crippen LogP) is 5.61. The van der Waals surface area contributed by atoms with Gasteiger partial charge in [0.1, 0.15) is 12.4 Å². The van der Waals surface area contributed by atoms with Crippen LogP contribution in [-0.4, -0.2) is 13.2 Å². The molecule has 0 atom stereocenters.